The standard InChI is InChI=1S/C23H21N2O2/c1-3-15-10-11-18-21(13-15)25(14-16-6-4-7-17(12-16)27-2)20-9-5-8-19(22(18)20)23(24)26/h4-10,12-13H,3,14H2,1-2H3,(H2,24,26). The summed E-state index contributed by atoms with van der Waals surface area (Å²) >= 11 is 0. The van der Waals surface area contributed by atoms with E-state index < -0.39 is 5.91 Å². The average Bonchev–Trinajstić information content (AvgIpc) is 3.01. The van der Waals surface area contributed by atoms with E-state index in [0.717, 1.165) is 39.5 Å². The number of amides is 1. The molecule has 1 radical (unpaired) electrons. The van der Waals surface area contributed by atoms with E-state index in [-0.39, 0.29) is 0 Å². The van der Waals surface area contributed by atoms with Crippen molar-refractivity contribution in [2.75, 3.05) is 7.11 Å². The summed E-state index contributed by atoms with van der Waals surface area (Å²) < 4.78 is 7.58. The number of rotatable bonds is 5. The first-order chi connectivity index (χ1) is 13.1. The number of nitrogens with two attached hydrogens (primary N) is 1. The number of nitrogens with zero attached hydrogens (tertiary/aromatic N) is 1. The highest BCUT2D eigenvalue weighted by Gasteiger charge is 2.17. The van der Waals surface area contributed by atoms with E-state index in [1.54, 1.807) is 13.2 Å². The van der Waals surface area contributed by atoms with Crippen LogP contribution in [0.1, 0.15) is 28.4 Å². The number of primary amides is 1. The minimum absolute atomic E-state index is 0.422. The van der Waals surface area contributed by atoms with E-state index in [0.29, 0.717) is 12.1 Å². The third-order valence-electron chi connectivity index (χ3n) is 5.00. The fourth-order valence-corrected chi connectivity index (χ4v) is 3.63. The highest BCUT2D eigenvalue weighted by atomic mass is 16.5. The number of hydrogen-bond donors (Lipinski definition) is 1. The molecule has 0 aliphatic heterocycles. The first-order valence-electron chi connectivity index (χ1n) is 9.00. The fourth-order valence-electron chi connectivity index (χ4n) is 3.63. The number of fused-ring (bicyclic) bond motifs is 3. The molecule has 1 heterocycles. The van der Waals surface area contributed by atoms with Crippen LogP contribution in [-0.4, -0.2) is 17.6 Å². The Morgan fingerprint density at radius 2 is 1.93 bits per heavy atom. The molecule has 4 rings (SSSR count). The Labute approximate surface area is 158 Å². The molecule has 2 N–H and O–H groups in total. The van der Waals surface area contributed by atoms with Gasteiger partial charge in [-0.25, -0.2) is 0 Å². The molecule has 0 fully saturated rings. The van der Waals surface area contributed by atoms with E-state index in [1.165, 1.54) is 5.56 Å². The number of benzene rings is 3. The molecule has 0 saturated carbocycles. The number of aromatic nitrogens is 1. The first kappa shape index (κ1) is 17.2. The predicted molar refractivity (Wildman–Crippen MR) is 108 cm³/mol. The highest BCUT2D eigenvalue weighted by molar-refractivity contribution is 6.17. The Kier molecular flexibility index (Phi) is 4.32. The molecule has 1 aromatic heterocycles. The zero-order valence-electron chi connectivity index (χ0n) is 15.5. The Bertz CT molecular complexity index is 1160. The number of aryl methyl sites for hydroxylation is 1. The normalized spacial score (nSPS) is 11.2. The Balaban J connectivity index is 2.01. The molecule has 0 unspecified atom stereocenters. The van der Waals surface area contributed by atoms with Gasteiger partial charge in [0, 0.05) is 22.9 Å². The van der Waals surface area contributed by atoms with Crippen molar-refractivity contribution >= 4 is 27.7 Å². The van der Waals surface area contributed by atoms with Crippen molar-refractivity contribution in [2.45, 2.75) is 19.9 Å². The molecule has 4 nitrogen and oxygen atoms in total. The fraction of sp³-hybridized carbons (Fsp3) is 0.174. The van der Waals surface area contributed by atoms with Crippen LogP contribution in [0, 0.1) is 6.07 Å². The van der Waals surface area contributed by atoms with Gasteiger partial charge in [0.05, 0.1) is 18.1 Å². The molecule has 0 aliphatic rings. The summed E-state index contributed by atoms with van der Waals surface area (Å²) in [6.45, 7) is 2.79. The van der Waals surface area contributed by atoms with Gasteiger partial charge in [-0.05, 0) is 53.9 Å². The monoisotopic (exact) mass is 357 g/mol. The van der Waals surface area contributed by atoms with E-state index in [1.807, 2.05) is 36.4 Å². The molecule has 0 aliphatic carbocycles. The zero-order chi connectivity index (χ0) is 19.0. The second kappa shape index (κ2) is 6.80. The van der Waals surface area contributed by atoms with Crippen LogP contribution in [-0.2, 0) is 13.0 Å². The van der Waals surface area contributed by atoms with Gasteiger partial charge in [-0.3, -0.25) is 4.79 Å². The summed E-state index contributed by atoms with van der Waals surface area (Å²) in [5, 5.41) is 1.80. The molecular formula is C23H21N2O2. The number of hydrogen-bond acceptors (Lipinski definition) is 2. The lowest BCUT2D eigenvalue weighted by Crippen LogP contribution is -2.11. The summed E-state index contributed by atoms with van der Waals surface area (Å²) in [4.78, 5) is 12.0. The Hall–Kier alpha value is -3.27. The van der Waals surface area contributed by atoms with Crippen LogP contribution in [0.3, 0.4) is 0 Å². The van der Waals surface area contributed by atoms with E-state index in [4.69, 9.17) is 10.5 Å². The van der Waals surface area contributed by atoms with Gasteiger partial charge in [0.1, 0.15) is 5.75 Å². The molecule has 0 spiro atoms. The second-order valence-corrected chi connectivity index (χ2v) is 6.62. The lowest BCUT2D eigenvalue weighted by molar-refractivity contribution is 0.100. The zero-order valence-corrected chi connectivity index (χ0v) is 15.5. The van der Waals surface area contributed by atoms with Gasteiger partial charge in [0.2, 0.25) is 5.91 Å². The minimum atomic E-state index is -0.422. The van der Waals surface area contributed by atoms with Gasteiger partial charge < -0.3 is 15.0 Å². The molecule has 0 bridgehead atoms. The smallest absolute Gasteiger partial charge is 0.249 e. The molecule has 0 atom stereocenters. The van der Waals surface area contributed by atoms with Crippen LogP contribution in [0.2, 0.25) is 0 Å². The maximum absolute atomic E-state index is 12.0. The maximum Gasteiger partial charge on any atom is 0.249 e. The van der Waals surface area contributed by atoms with Gasteiger partial charge in [-0.15, -0.1) is 0 Å². The van der Waals surface area contributed by atoms with Gasteiger partial charge in [0.25, 0.3) is 0 Å². The number of methoxy groups -OCH3 is 1. The predicted octanol–water partition coefficient (Wildman–Crippen LogP) is 4.31. The number of ether oxygens (including phenoxy) is 1. The van der Waals surface area contributed by atoms with Crippen molar-refractivity contribution in [1.82, 2.24) is 4.57 Å². The van der Waals surface area contributed by atoms with Crippen molar-refractivity contribution in [3.8, 4) is 5.75 Å². The molecule has 135 valence electrons. The molecule has 1 amide bonds. The van der Waals surface area contributed by atoms with E-state index >= 15 is 0 Å². The molecule has 0 saturated heterocycles. The third-order valence-corrected chi connectivity index (χ3v) is 5.00. The lowest BCUT2D eigenvalue weighted by atomic mass is 10.0. The molecule has 4 heteroatoms. The van der Waals surface area contributed by atoms with Gasteiger partial charge in [-0.2, -0.15) is 0 Å². The van der Waals surface area contributed by atoms with Crippen LogP contribution >= 0.6 is 0 Å². The number of carbonyl (C=O) groups is 1. The maximum atomic E-state index is 12.0. The van der Waals surface area contributed by atoms with Crippen LogP contribution < -0.4 is 10.5 Å². The summed E-state index contributed by atoms with van der Waals surface area (Å²) in [5.41, 5.74) is 10.5. The second-order valence-electron chi connectivity index (χ2n) is 6.62. The molecule has 27 heavy (non-hydrogen) atoms. The minimum Gasteiger partial charge on any atom is -0.497 e. The first-order valence-corrected chi connectivity index (χ1v) is 9.00. The summed E-state index contributed by atoms with van der Waals surface area (Å²) in [6, 6.07) is 21.3. The third kappa shape index (κ3) is 2.93. The van der Waals surface area contributed by atoms with Crippen molar-refractivity contribution in [3.05, 3.63) is 77.4 Å². The SMILES string of the molecule is CCc1c[c]c2c3c(C(N)=O)cccc3n(Cc3cccc(OC)c3)c2c1. The average molecular weight is 357 g/mol. The van der Waals surface area contributed by atoms with Crippen LogP contribution in [0.4, 0.5) is 0 Å². The Morgan fingerprint density at radius 3 is 2.67 bits per heavy atom. The van der Waals surface area contributed by atoms with Crippen LogP contribution in [0.15, 0.2) is 54.6 Å². The quantitative estimate of drug-likeness (QED) is 0.578. The number of carbonyl (C=O) groups excluding carboxylic acids is 1. The Morgan fingerprint density at radius 1 is 1.11 bits per heavy atom. The van der Waals surface area contributed by atoms with Crippen LogP contribution in [0.5, 0.6) is 5.75 Å². The van der Waals surface area contributed by atoms with E-state index in [2.05, 4.69) is 29.7 Å². The molecule has 3 aromatic carbocycles. The van der Waals surface area contributed by atoms with Crippen molar-refractivity contribution < 1.29 is 9.53 Å². The lowest BCUT2D eigenvalue weighted by Gasteiger charge is -2.10. The summed E-state index contributed by atoms with van der Waals surface area (Å²) in [7, 11) is 1.67. The van der Waals surface area contributed by atoms with Crippen molar-refractivity contribution in [1.29, 1.82) is 0 Å². The molecular weight excluding hydrogens is 336 g/mol. The molecule has 4 aromatic rings. The van der Waals surface area contributed by atoms with Gasteiger partial charge >= 0.3 is 0 Å². The van der Waals surface area contributed by atoms with Gasteiger partial charge in [-0.1, -0.05) is 31.2 Å². The largest absolute Gasteiger partial charge is 0.497 e. The van der Waals surface area contributed by atoms with E-state index in [9.17, 15) is 4.79 Å². The van der Waals surface area contributed by atoms with Crippen molar-refractivity contribution in [2.24, 2.45) is 5.73 Å². The highest BCUT2D eigenvalue weighted by Crippen LogP contribution is 2.33. The van der Waals surface area contributed by atoms with Gasteiger partial charge in [0.15, 0.2) is 0 Å². The summed E-state index contributed by atoms with van der Waals surface area (Å²) in [5.74, 6) is 0.404. The van der Waals surface area contributed by atoms with Crippen LogP contribution in [0.25, 0.3) is 21.8 Å². The topological polar surface area (TPSA) is 57.2 Å². The van der Waals surface area contributed by atoms with Crippen molar-refractivity contribution in [3.63, 3.8) is 0 Å². The summed E-state index contributed by atoms with van der Waals surface area (Å²) in [6.07, 6.45) is 0.926.